The Kier molecular flexibility index (Phi) is 6.58. The molecule has 0 bridgehead atoms. The number of carbonyl (C=O) groups is 1. The van der Waals surface area contributed by atoms with Gasteiger partial charge in [0.2, 0.25) is 12.7 Å². The lowest BCUT2D eigenvalue weighted by Gasteiger charge is -2.20. The largest absolute Gasteiger partial charge is 0.508 e. The number of ether oxygens (including phenoxy) is 4. The van der Waals surface area contributed by atoms with Gasteiger partial charge in [-0.25, -0.2) is 0 Å². The number of phenols is 1. The van der Waals surface area contributed by atoms with Crippen molar-refractivity contribution < 1.29 is 28.8 Å². The highest BCUT2D eigenvalue weighted by molar-refractivity contribution is 5.82. The number of rotatable bonds is 9. The number of fused-ring (bicyclic) bond motifs is 2. The molecule has 0 saturated heterocycles. The Morgan fingerprint density at radius 1 is 1.00 bits per heavy atom. The summed E-state index contributed by atoms with van der Waals surface area (Å²) in [5, 5.41) is 14.9. The fourth-order valence-corrected chi connectivity index (χ4v) is 4.54. The van der Waals surface area contributed by atoms with E-state index in [4.69, 9.17) is 18.9 Å². The third-order valence-corrected chi connectivity index (χ3v) is 6.46. The van der Waals surface area contributed by atoms with Crippen LogP contribution in [-0.2, 0) is 11.3 Å². The van der Waals surface area contributed by atoms with Gasteiger partial charge in [-0.1, -0.05) is 12.1 Å². The van der Waals surface area contributed by atoms with Crippen LogP contribution in [0.15, 0.2) is 66.9 Å². The van der Waals surface area contributed by atoms with Gasteiger partial charge < -0.3 is 33.9 Å². The standard InChI is InChI=1S/C28H28N2O6/c1-33-20-5-3-18(4-6-20)22(23-14-26-27(16-25(23)31)36-17-35-26)15-28(32)29-10-12-30-11-9-19-13-21(34-2)7-8-24(19)30/h3-9,11,13-14,16,22,31H,10,12,15,17H2,1-2H3,(H,29,32). The highest BCUT2D eigenvalue weighted by Gasteiger charge is 2.25. The number of carbonyl (C=O) groups excluding carboxylic acids is 1. The Balaban J connectivity index is 1.31. The summed E-state index contributed by atoms with van der Waals surface area (Å²) in [7, 11) is 3.25. The average molecular weight is 489 g/mol. The van der Waals surface area contributed by atoms with E-state index in [1.807, 2.05) is 54.7 Å². The molecule has 0 aliphatic carbocycles. The first-order valence-electron chi connectivity index (χ1n) is 11.7. The van der Waals surface area contributed by atoms with Crippen molar-refractivity contribution >= 4 is 16.8 Å². The Morgan fingerprint density at radius 3 is 2.47 bits per heavy atom. The lowest BCUT2D eigenvalue weighted by Crippen LogP contribution is -2.28. The van der Waals surface area contributed by atoms with Crippen LogP contribution >= 0.6 is 0 Å². The smallest absolute Gasteiger partial charge is 0.231 e. The molecule has 2 N–H and O–H groups in total. The van der Waals surface area contributed by atoms with Crippen molar-refractivity contribution in [2.45, 2.75) is 18.9 Å². The molecule has 1 amide bonds. The van der Waals surface area contributed by atoms with Crippen molar-refractivity contribution in [3.05, 3.63) is 78.0 Å². The molecule has 1 aromatic heterocycles. The number of hydrogen-bond donors (Lipinski definition) is 2. The molecule has 1 aliphatic heterocycles. The van der Waals surface area contributed by atoms with Gasteiger partial charge >= 0.3 is 0 Å². The zero-order valence-electron chi connectivity index (χ0n) is 20.2. The quantitative estimate of drug-likeness (QED) is 0.362. The molecule has 8 heteroatoms. The van der Waals surface area contributed by atoms with Crippen molar-refractivity contribution in [3.63, 3.8) is 0 Å². The van der Waals surface area contributed by atoms with Gasteiger partial charge in [0.05, 0.1) is 14.2 Å². The van der Waals surface area contributed by atoms with Gasteiger partial charge in [0.15, 0.2) is 11.5 Å². The van der Waals surface area contributed by atoms with Crippen molar-refractivity contribution in [1.29, 1.82) is 0 Å². The van der Waals surface area contributed by atoms with Crippen LogP contribution in [0.3, 0.4) is 0 Å². The molecule has 0 radical (unpaired) electrons. The summed E-state index contributed by atoms with van der Waals surface area (Å²) in [6.45, 7) is 1.20. The number of nitrogens with zero attached hydrogens (tertiary/aromatic N) is 1. The van der Waals surface area contributed by atoms with Crippen LogP contribution in [0.1, 0.15) is 23.5 Å². The minimum atomic E-state index is -0.384. The Morgan fingerprint density at radius 2 is 1.72 bits per heavy atom. The van der Waals surface area contributed by atoms with Crippen LogP contribution in [0.2, 0.25) is 0 Å². The van der Waals surface area contributed by atoms with Crippen LogP contribution in [0, 0.1) is 0 Å². The summed E-state index contributed by atoms with van der Waals surface area (Å²) in [5.41, 5.74) is 2.56. The van der Waals surface area contributed by atoms with Crippen molar-refractivity contribution in [2.24, 2.45) is 0 Å². The Bertz CT molecular complexity index is 1380. The first-order valence-corrected chi connectivity index (χ1v) is 11.7. The zero-order valence-corrected chi connectivity index (χ0v) is 20.2. The highest BCUT2D eigenvalue weighted by atomic mass is 16.7. The van der Waals surface area contributed by atoms with E-state index in [9.17, 15) is 9.90 Å². The maximum absolute atomic E-state index is 13.0. The van der Waals surface area contributed by atoms with E-state index in [0.717, 1.165) is 22.2 Å². The summed E-state index contributed by atoms with van der Waals surface area (Å²) >= 11 is 0. The molecular formula is C28H28N2O6. The summed E-state index contributed by atoms with van der Waals surface area (Å²) in [6.07, 6.45) is 2.16. The molecule has 4 aromatic rings. The van der Waals surface area contributed by atoms with E-state index < -0.39 is 0 Å². The number of aromatic hydroxyl groups is 1. The first kappa shape index (κ1) is 23.4. The summed E-state index contributed by atoms with van der Waals surface area (Å²) in [5.74, 6) is 2.13. The SMILES string of the molecule is COc1ccc(C(CC(=O)NCCn2ccc3cc(OC)ccc32)c2cc3c(cc2O)OCO3)cc1. The number of aromatic nitrogens is 1. The molecule has 2 heterocycles. The topological polar surface area (TPSA) is 91.2 Å². The number of nitrogens with one attached hydrogen (secondary N) is 1. The first-order chi connectivity index (χ1) is 17.6. The predicted octanol–water partition coefficient (Wildman–Crippen LogP) is 4.43. The van der Waals surface area contributed by atoms with Gasteiger partial charge in [0.1, 0.15) is 17.2 Å². The number of hydrogen-bond acceptors (Lipinski definition) is 6. The van der Waals surface area contributed by atoms with E-state index in [1.54, 1.807) is 20.3 Å². The van der Waals surface area contributed by atoms with Gasteiger partial charge in [-0.15, -0.1) is 0 Å². The summed E-state index contributed by atoms with van der Waals surface area (Å²) in [4.78, 5) is 13.0. The lowest BCUT2D eigenvalue weighted by molar-refractivity contribution is -0.121. The zero-order chi connectivity index (χ0) is 25.1. The molecule has 36 heavy (non-hydrogen) atoms. The number of amides is 1. The van der Waals surface area contributed by atoms with Gasteiger partial charge in [0, 0.05) is 54.2 Å². The normalized spacial score (nSPS) is 12.9. The van der Waals surface area contributed by atoms with Crippen molar-refractivity contribution in [2.75, 3.05) is 27.6 Å². The molecule has 1 atom stereocenters. The molecule has 0 spiro atoms. The summed E-state index contributed by atoms with van der Waals surface area (Å²) < 4.78 is 23.6. The monoisotopic (exact) mass is 488 g/mol. The van der Waals surface area contributed by atoms with E-state index in [1.165, 1.54) is 6.07 Å². The van der Waals surface area contributed by atoms with E-state index >= 15 is 0 Å². The van der Waals surface area contributed by atoms with Crippen molar-refractivity contribution in [3.8, 4) is 28.7 Å². The third-order valence-electron chi connectivity index (χ3n) is 6.46. The average Bonchev–Trinajstić information content (AvgIpc) is 3.53. The lowest BCUT2D eigenvalue weighted by atomic mass is 9.87. The van der Waals surface area contributed by atoms with Crippen LogP contribution in [-0.4, -0.2) is 43.1 Å². The van der Waals surface area contributed by atoms with E-state index in [-0.39, 0.29) is 30.8 Å². The molecule has 186 valence electrons. The van der Waals surface area contributed by atoms with E-state index in [2.05, 4.69) is 9.88 Å². The number of phenolic OH excluding ortho intramolecular Hbond substituents is 1. The second-order valence-electron chi connectivity index (χ2n) is 8.58. The Hall–Kier alpha value is -4.33. The second kappa shape index (κ2) is 10.1. The molecule has 5 rings (SSSR count). The van der Waals surface area contributed by atoms with Gasteiger partial charge in [0.25, 0.3) is 0 Å². The summed E-state index contributed by atoms with van der Waals surface area (Å²) in [6, 6.07) is 18.7. The van der Waals surface area contributed by atoms with Gasteiger partial charge in [-0.3, -0.25) is 4.79 Å². The predicted molar refractivity (Wildman–Crippen MR) is 135 cm³/mol. The van der Waals surface area contributed by atoms with Gasteiger partial charge in [-0.05, 0) is 48.0 Å². The van der Waals surface area contributed by atoms with Crippen LogP contribution < -0.4 is 24.3 Å². The van der Waals surface area contributed by atoms with Crippen LogP contribution in [0.5, 0.6) is 28.7 Å². The molecule has 0 saturated carbocycles. The second-order valence-corrected chi connectivity index (χ2v) is 8.58. The molecular weight excluding hydrogens is 460 g/mol. The maximum Gasteiger partial charge on any atom is 0.231 e. The molecule has 8 nitrogen and oxygen atoms in total. The van der Waals surface area contributed by atoms with Crippen LogP contribution in [0.4, 0.5) is 0 Å². The molecule has 3 aromatic carbocycles. The minimum absolute atomic E-state index is 0.0575. The fourth-order valence-electron chi connectivity index (χ4n) is 4.54. The molecule has 0 fully saturated rings. The maximum atomic E-state index is 13.0. The fraction of sp³-hybridized carbons (Fsp3) is 0.250. The minimum Gasteiger partial charge on any atom is -0.508 e. The Labute approximate surface area is 209 Å². The number of methoxy groups -OCH3 is 2. The molecule has 1 aliphatic rings. The third kappa shape index (κ3) is 4.75. The molecule has 1 unspecified atom stereocenters. The van der Waals surface area contributed by atoms with Crippen molar-refractivity contribution in [1.82, 2.24) is 9.88 Å². The van der Waals surface area contributed by atoms with E-state index in [0.29, 0.717) is 35.9 Å². The highest BCUT2D eigenvalue weighted by Crippen LogP contribution is 2.43. The van der Waals surface area contributed by atoms with Crippen LogP contribution in [0.25, 0.3) is 10.9 Å². The number of benzene rings is 3. The van der Waals surface area contributed by atoms with Gasteiger partial charge in [-0.2, -0.15) is 0 Å².